The number of fused-ring (bicyclic) bond motifs is 1. The number of aromatic nitrogens is 4. The van der Waals surface area contributed by atoms with Crippen molar-refractivity contribution in [3.63, 3.8) is 0 Å². The van der Waals surface area contributed by atoms with Gasteiger partial charge in [-0.1, -0.05) is 47.6 Å². The van der Waals surface area contributed by atoms with E-state index in [0.717, 1.165) is 0 Å². The Morgan fingerprint density at radius 2 is 1.67 bits per heavy atom. The van der Waals surface area contributed by atoms with E-state index in [0.29, 0.717) is 30.2 Å². The molecule has 0 aliphatic carbocycles. The van der Waals surface area contributed by atoms with Crippen LogP contribution in [-0.2, 0) is 18.3 Å². The van der Waals surface area contributed by atoms with Gasteiger partial charge in [0.2, 0.25) is 0 Å². The second-order valence-electron chi connectivity index (χ2n) is 12.6. The Hall–Kier alpha value is -1.64. The first kappa shape index (κ1) is 28.9. The Kier molecular flexibility index (Phi) is 8.24. The zero-order chi connectivity index (χ0) is 27.1. The van der Waals surface area contributed by atoms with E-state index in [4.69, 9.17) is 24.1 Å². The molecule has 1 saturated heterocycles. The summed E-state index contributed by atoms with van der Waals surface area (Å²) in [6.07, 6.45) is 3.29. The van der Waals surface area contributed by atoms with Gasteiger partial charge < -0.3 is 24.1 Å². The van der Waals surface area contributed by atoms with E-state index in [1.54, 1.807) is 12.4 Å². The highest BCUT2D eigenvalue weighted by Crippen LogP contribution is 2.44. The van der Waals surface area contributed by atoms with Crippen LogP contribution in [0.1, 0.15) is 47.8 Å². The van der Waals surface area contributed by atoms with E-state index in [1.165, 1.54) is 6.33 Å². The van der Waals surface area contributed by atoms with Crippen LogP contribution in [0, 0.1) is 0 Å². The normalized spacial score (nSPS) is 23.9. The number of hydrogen-bond acceptors (Lipinski definition) is 8. The van der Waals surface area contributed by atoms with Crippen molar-refractivity contribution in [1.29, 1.82) is 0 Å². The molecule has 3 heterocycles. The van der Waals surface area contributed by atoms with Crippen LogP contribution >= 0.6 is 0 Å². The minimum absolute atomic E-state index is 0.000132. The maximum absolute atomic E-state index is 7.01. The molecule has 0 bridgehead atoms. The van der Waals surface area contributed by atoms with Gasteiger partial charge in [-0.05, 0) is 36.3 Å². The number of hydrogen-bond donors (Lipinski definition) is 1. The van der Waals surface area contributed by atoms with E-state index in [2.05, 4.69) is 89.3 Å². The highest BCUT2D eigenvalue weighted by Gasteiger charge is 2.52. The summed E-state index contributed by atoms with van der Waals surface area (Å²) < 4.78 is 28.5. The van der Waals surface area contributed by atoms with Crippen LogP contribution in [0.2, 0.25) is 36.3 Å². The molecule has 11 heteroatoms. The summed E-state index contributed by atoms with van der Waals surface area (Å²) in [6.45, 7) is 27.0. The summed E-state index contributed by atoms with van der Waals surface area (Å²) in [5.41, 5.74) is 7.22. The van der Waals surface area contributed by atoms with Crippen LogP contribution in [0.15, 0.2) is 25.3 Å². The minimum atomic E-state index is -2.21. The molecule has 0 spiro atoms. The third-order valence-corrected chi connectivity index (χ3v) is 17.0. The van der Waals surface area contributed by atoms with Crippen molar-refractivity contribution in [2.24, 2.45) is 0 Å². The Morgan fingerprint density at radius 3 is 2.25 bits per heavy atom. The summed E-state index contributed by atoms with van der Waals surface area (Å²) in [5, 5.41) is 0.0778. The lowest BCUT2D eigenvalue weighted by atomic mass is 10.1. The smallest absolute Gasteiger partial charge is 0.192 e. The van der Waals surface area contributed by atoms with E-state index in [-0.39, 0.29) is 22.3 Å². The monoisotopic (exact) mass is 535 g/mol. The van der Waals surface area contributed by atoms with Gasteiger partial charge in [0, 0.05) is 0 Å². The molecule has 0 aromatic carbocycles. The molecule has 2 aromatic heterocycles. The molecule has 1 aliphatic rings. The Morgan fingerprint density at radius 1 is 1.03 bits per heavy atom. The van der Waals surface area contributed by atoms with Crippen LogP contribution in [-0.4, -0.2) is 67.7 Å². The second-order valence-corrected chi connectivity index (χ2v) is 22.2. The van der Waals surface area contributed by atoms with Crippen molar-refractivity contribution >= 4 is 33.6 Å². The van der Waals surface area contributed by atoms with Gasteiger partial charge >= 0.3 is 0 Å². The van der Waals surface area contributed by atoms with Gasteiger partial charge in [-0.3, -0.25) is 4.57 Å². The second kappa shape index (κ2) is 10.3. The average molecular weight is 536 g/mol. The fraction of sp³-hybridized carbons (Fsp3) is 0.720. The molecular weight excluding hydrogens is 490 g/mol. The van der Waals surface area contributed by atoms with Crippen LogP contribution in [0.3, 0.4) is 0 Å². The first-order valence-corrected chi connectivity index (χ1v) is 18.4. The summed E-state index contributed by atoms with van der Waals surface area (Å²) in [5.74, 6) is 0.330. The van der Waals surface area contributed by atoms with Crippen molar-refractivity contribution in [1.82, 2.24) is 19.5 Å². The quantitative estimate of drug-likeness (QED) is 0.341. The lowest BCUT2D eigenvalue weighted by molar-refractivity contribution is -0.0539. The molecule has 36 heavy (non-hydrogen) atoms. The molecule has 3 rings (SSSR count). The van der Waals surface area contributed by atoms with Gasteiger partial charge in [0.25, 0.3) is 0 Å². The molecule has 1 aliphatic heterocycles. The van der Waals surface area contributed by atoms with Crippen LogP contribution < -0.4 is 5.73 Å². The molecule has 1 fully saturated rings. The third kappa shape index (κ3) is 5.76. The summed E-state index contributed by atoms with van der Waals surface area (Å²) >= 11 is 0. The molecule has 0 radical (unpaired) electrons. The Labute approximate surface area is 218 Å². The largest absolute Gasteiger partial charge is 0.414 e. The van der Waals surface area contributed by atoms with E-state index >= 15 is 0 Å². The fourth-order valence-corrected chi connectivity index (χ4v) is 5.95. The fourth-order valence-electron chi connectivity index (χ4n) is 3.65. The van der Waals surface area contributed by atoms with E-state index in [9.17, 15) is 0 Å². The lowest BCUT2D eigenvalue weighted by Gasteiger charge is -2.41. The average Bonchev–Trinajstić information content (AvgIpc) is 3.31. The number of nitrogens with zero attached hydrogens (tertiary/aromatic N) is 4. The Bertz CT molecular complexity index is 1060. The van der Waals surface area contributed by atoms with Gasteiger partial charge in [0.1, 0.15) is 30.2 Å². The van der Waals surface area contributed by atoms with Crippen molar-refractivity contribution in [2.45, 2.75) is 102 Å². The molecule has 0 amide bonds. The van der Waals surface area contributed by atoms with Gasteiger partial charge in [0.15, 0.2) is 34.3 Å². The lowest BCUT2D eigenvalue weighted by Crippen LogP contribution is -2.50. The van der Waals surface area contributed by atoms with Crippen molar-refractivity contribution in [3.8, 4) is 0 Å². The van der Waals surface area contributed by atoms with Gasteiger partial charge in [-0.2, -0.15) is 0 Å². The highest BCUT2D eigenvalue weighted by molar-refractivity contribution is 6.74. The van der Waals surface area contributed by atoms with Gasteiger partial charge in [0.05, 0.1) is 19.5 Å². The molecule has 202 valence electrons. The molecule has 2 N–H and O–H groups in total. The molecule has 9 nitrogen and oxygen atoms in total. The van der Waals surface area contributed by atoms with Crippen LogP contribution in [0.4, 0.5) is 5.82 Å². The number of rotatable bonds is 9. The molecular formula is C25H45N5O4Si2. The topological polar surface area (TPSA) is 107 Å². The van der Waals surface area contributed by atoms with Crippen molar-refractivity contribution in [3.05, 3.63) is 25.3 Å². The first-order chi connectivity index (χ1) is 16.5. The van der Waals surface area contributed by atoms with Crippen LogP contribution in [0.5, 0.6) is 0 Å². The molecule has 0 unspecified atom stereocenters. The molecule has 0 saturated carbocycles. The predicted octanol–water partition coefficient (Wildman–Crippen LogP) is 5.29. The van der Waals surface area contributed by atoms with Gasteiger partial charge in [-0.25, -0.2) is 15.0 Å². The number of anilines is 1. The first-order valence-electron chi connectivity index (χ1n) is 12.6. The van der Waals surface area contributed by atoms with Crippen molar-refractivity contribution in [2.75, 3.05) is 18.9 Å². The van der Waals surface area contributed by atoms with Gasteiger partial charge in [-0.15, -0.1) is 6.58 Å². The standard InChI is InChI=1S/C25H45N5O4Si2/c1-12-13-31-19-17(14-32-35(8,9)24(2,3)4)33-23(20(19)34-36(10,11)25(5,6)7)30-16-29-18-21(26)27-15-28-22(18)30/h12,15-17,19-20,23H,1,13-14H2,2-11H3,(H2,26,27,28)/t17-,19-,20-,23-/m1/s1. The van der Waals surface area contributed by atoms with E-state index < -0.39 is 29.0 Å². The van der Waals surface area contributed by atoms with E-state index in [1.807, 2.05) is 4.57 Å². The zero-order valence-corrected chi connectivity index (χ0v) is 25.7. The molecule has 2 aromatic rings. The van der Waals surface area contributed by atoms with Crippen molar-refractivity contribution < 1.29 is 18.3 Å². The maximum atomic E-state index is 7.01. The summed E-state index contributed by atoms with van der Waals surface area (Å²) in [6, 6.07) is 0. The summed E-state index contributed by atoms with van der Waals surface area (Å²) in [7, 11) is -4.23. The predicted molar refractivity (Wildman–Crippen MR) is 149 cm³/mol. The zero-order valence-electron chi connectivity index (χ0n) is 23.7. The minimum Gasteiger partial charge on any atom is -0.414 e. The number of ether oxygens (including phenoxy) is 2. The molecule has 4 atom stereocenters. The highest BCUT2D eigenvalue weighted by atomic mass is 28.4. The third-order valence-electron chi connectivity index (χ3n) is 8.00. The Balaban J connectivity index is 2.04. The maximum Gasteiger partial charge on any atom is 0.192 e. The summed E-state index contributed by atoms with van der Waals surface area (Å²) in [4.78, 5) is 13.0. The SMILES string of the molecule is C=CCO[C@H]1[C@@H](O[Si](C)(C)C(C)(C)C)[C@H](n2cnc3c(N)ncnc32)O[C@@H]1CO[Si](C)(C)C(C)(C)C. The number of imidazole rings is 1. The van der Waals surface area contributed by atoms with Crippen LogP contribution in [0.25, 0.3) is 11.2 Å². The number of nitrogens with two attached hydrogens (primary N) is 1. The number of nitrogen functional groups attached to an aromatic ring is 1.